The summed E-state index contributed by atoms with van der Waals surface area (Å²) in [6.07, 6.45) is -11.7. The Labute approximate surface area is 313 Å². The summed E-state index contributed by atoms with van der Waals surface area (Å²) < 4.78 is 23.0. The van der Waals surface area contributed by atoms with Crippen LogP contribution in [0.1, 0.15) is 76.3 Å². The Balaban J connectivity index is 1.46. The lowest BCUT2D eigenvalue weighted by atomic mass is 9.44. The molecule has 2 aromatic rings. The summed E-state index contributed by atoms with van der Waals surface area (Å²) in [4.78, 5) is 55.2. The molecule has 1 amide bonds. The van der Waals surface area contributed by atoms with Gasteiger partial charge in [0.25, 0.3) is 0 Å². The third kappa shape index (κ3) is 6.22. The molecule has 14 heteroatoms. The van der Waals surface area contributed by atoms with Crippen molar-refractivity contribution in [2.45, 2.75) is 114 Å². The van der Waals surface area contributed by atoms with Crippen LogP contribution in [0.2, 0.25) is 0 Å². The van der Waals surface area contributed by atoms with Crippen molar-refractivity contribution >= 4 is 23.8 Å². The minimum absolute atomic E-state index is 0.0432. The molecule has 2 aromatic carbocycles. The van der Waals surface area contributed by atoms with Crippen molar-refractivity contribution in [3.05, 3.63) is 82.9 Å². The molecule has 1 heterocycles. The van der Waals surface area contributed by atoms with Gasteiger partial charge in [-0.25, -0.2) is 14.4 Å². The van der Waals surface area contributed by atoms with Gasteiger partial charge in [-0.15, -0.1) is 0 Å². The minimum Gasteiger partial charge on any atom is -0.456 e. The number of ether oxygens (including phenoxy) is 4. The molecule has 3 aliphatic carbocycles. The molecule has 1 aliphatic heterocycles. The van der Waals surface area contributed by atoms with Crippen molar-refractivity contribution in [2.24, 2.45) is 16.7 Å². The smallest absolute Gasteiger partial charge is 0.407 e. The molecule has 4 aliphatic rings. The number of carbonyl (C=O) groups is 4. The van der Waals surface area contributed by atoms with E-state index < -0.39 is 107 Å². The Hall–Kier alpha value is -4.18. The fraction of sp³-hybridized carbons (Fsp3) is 0.550. The van der Waals surface area contributed by atoms with Gasteiger partial charge in [-0.05, 0) is 56.5 Å². The maximum atomic E-state index is 14.7. The Morgan fingerprint density at radius 2 is 1.56 bits per heavy atom. The van der Waals surface area contributed by atoms with Crippen molar-refractivity contribution < 1.29 is 63.7 Å². The number of fused-ring (bicyclic) bond motifs is 5. The van der Waals surface area contributed by atoms with Gasteiger partial charge < -0.3 is 49.8 Å². The minimum atomic E-state index is -2.30. The highest BCUT2D eigenvalue weighted by Crippen LogP contribution is 2.63. The molecule has 1 saturated heterocycles. The summed E-state index contributed by atoms with van der Waals surface area (Å²) in [7, 11) is 0. The van der Waals surface area contributed by atoms with Gasteiger partial charge in [-0.3, -0.25) is 4.79 Å². The van der Waals surface area contributed by atoms with Crippen LogP contribution in [0.3, 0.4) is 0 Å². The molecule has 292 valence electrons. The van der Waals surface area contributed by atoms with Gasteiger partial charge in [-0.1, -0.05) is 62.4 Å². The molecular formula is C40H49NO13. The number of hydrogen-bond donors (Lipinski definition) is 6. The number of amides is 1. The zero-order valence-corrected chi connectivity index (χ0v) is 31.1. The molecule has 1 unspecified atom stereocenters. The van der Waals surface area contributed by atoms with Gasteiger partial charge in [0.15, 0.2) is 11.9 Å². The quantitative estimate of drug-likeness (QED) is 0.130. The molecule has 0 radical (unpaired) electrons. The number of nitrogens with one attached hydrogen (secondary N) is 1. The first-order chi connectivity index (χ1) is 25.3. The highest BCUT2D eigenvalue weighted by molar-refractivity contribution is 5.94. The van der Waals surface area contributed by atoms with E-state index >= 15 is 0 Å². The van der Waals surface area contributed by atoms with E-state index in [9.17, 15) is 44.7 Å². The number of hydrogen-bond acceptors (Lipinski definition) is 13. The van der Waals surface area contributed by atoms with Crippen LogP contribution in [-0.2, 0) is 28.5 Å². The number of aliphatic hydroxyl groups excluding tert-OH is 3. The maximum Gasteiger partial charge on any atom is 0.407 e. The van der Waals surface area contributed by atoms with Gasteiger partial charge in [0.2, 0.25) is 0 Å². The van der Waals surface area contributed by atoms with E-state index in [1.165, 1.54) is 26.0 Å². The Morgan fingerprint density at radius 1 is 0.944 bits per heavy atom. The molecule has 11 atom stereocenters. The van der Waals surface area contributed by atoms with Gasteiger partial charge in [0.05, 0.1) is 41.9 Å². The van der Waals surface area contributed by atoms with Crippen molar-refractivity contribution in [3.63, 3.8) is 0 Å². The zero-order valence-electron chi connectivity index (χ0n) is 31.1. The lowest BCUT2D eigenvalue weighted by Crippen LogP contribution is -2.81. The van der Waals surface area contributed by atoms with E-state index in [1.54, 1.807) is 76.2 Å². The Morgan fingerprint density at radius 3 is 2.13 bits per heavy atom. The lowest BCUT2D eigenvalue weighted by molar-refractivity contribution is -0.343. The molecule has 0 aromatic heterocycles. The number of carbonyl (C=O) groups excluding carboxylic acids is 4. The number of benzene rings is 2. The summed E-state index contributed by atoms with van der Waals surface area (Å²) in [5.74, 6) is -4.54. The van der Waals surface area contributed by atoms with Crippen molar-refractivity contribution in [1.82, 2.24) is 5.32 Å². The van der Waals surface area contributed by atoms with Crippen LogP contribution in [0.5, 0.6) is 0 Å². The fourth-order valence-corrected chi connectivity index (χ4v) is 9.10. The highest BCUT2D eigenvalue weighted by Gasteiger charge is 2.76. The van der Waals surface area contributed by atoms with Crippen LogP contribution >= 0.6 is 0 Å². The standard InChI is InChI=1S/C40H49NO13/c1-20(2)52-36(48)41-28(22-13-9-7-10-14-22)30(44)35(47)53-24-18-40(50)33(54-34(46)23-15-11-8-12-16-23)31-38(6,25(42)17-26-39(31,49)19-51-26)32(45)29(43)27(21(24)3)37(40,4)5/h7-16,20,24-26,28-31,33,42-44,49-50H,17-19H2,1-6H3,(H,41,48)/t24?,25-,26+,28-,29+,30+,31-,33-,38+,39-,40+/m0/s1. The predicted octanol–water partition coefficient (Wildman–Crippen LogP) is 2.30. The van der Waals surface area contributed by atoms with Gasteiger partial charge >= 0.3 is 18.0 Å². The summed E-state index contributed by atoms with van der Waals surface area (Å²) in [6.45, 7) is 8.94. The summed E-state index contributed by atoms with van der Waals surface area (Å²) in [6, 6.07) is 14.7. The average Bonchev–Trinajstić information content (AvgIpc) is 3.12. The Bertz CT molecular complexity index is 1810. The van der Waals surface area contributed by atoms with Crippen LogP contribution in [0.4, 0.5) is 4.79 Å². The van der Waals surface area contributed by atoms with E-state index in [0.717, 1.165) is 0 Å². The molecule has 2 saturated carbocycles. The van der Waals surface area contributed by atoms with Crippen molar-refractivity contribution in [1.29, 1.82) is 0 Å². The van der Waals surface area contributed by atoms with E-state index in [1.807, 2.05) is 0 Å². The maximum absolute atomic E-state index is 14.7. The van der Waals surface area contributed by atoms with E-state index in [-0.39, 0.29) is 29.7 Å². The molecular weight excluding hydrogens is 702 g/mol. The first-order valence-corrected chi connectivity index (χ1v) is 18.1. The van der Waals surface area contributed by atoms with Crippen LogP contribution < -0.4 is 5.32 Å². The molecule has 2 bridgehead atoms. The topological polar surface area (TPSA) is 218 Å². The zero-order chi connectivity index (χ0) is 39.5. The highest BCUT2D eigenvalue weighted by atomic mass is 16.6. The predicted molar refractivity (Wildman–Crippen MR) is 189 cm³/mol. The van der Waals surface area contributed by atoms with Gasteiger partial charge in [-0.2, -0.15) is 0 Å². The van der Waals surface area contributed by atoms with Gasteiger partial charge in [0.1, 0.15) is 29.5 Å². The third-order valence-corrected chi connectivity index (χ3v) is 12.2. The number of esters is 2. The molecule has 6 N–H and O–H groups in total. The fourth-order valence-electron chi connectivity index (χ4n) is 9.10. The molecule has 6 rings (SSSR count). The van der Waals surface area contributed by atoms with E-state index in [2.05, 4.69) is 5.32 Å². The number of aliphatic hydroxyl groups is 5. The number of ketones is 1. The third-order valence-electron chi connectivity index (χ3n) is 12.2. The normalized spacial score (nSPS) is 35.2. The monoisotopic (exact) mass is 751 g/mol. The van der Waals surface area contributed by atoms with Crippen LogP contribution in [0.15, 0.2) is 71.8 Å². The first-order valence-electron chi connectivity index (χ1n) is 18.1. The summed E-state index contributed by atoms with van der Waals surface area (Å²) in [5.41, 5.74) is -7.18. The van der Waals surface area contributed by atoms with Crippen LogP contribution in [0.25, 0.3) is 0 Å². The van der Waals surface area contributed by atoms with Crippen LogP contribution in [-0.4, -0.2) is 110 Å². The summed E-state index contributed by atoms with van der Waals surface area (Å²) in [5, 5.41) is 63.0. The van der Waals surface area contributed by atoms with Crippen LogP contribution in [0, 0.1) is 16.7 Å². The molecule has 3 fully saturated rings. The van der Waals surface area contributed by atoms with E-state index in [4.69, 9.17) is 18.9 Å². The second-order valence-corrected chi connectivity index (χ2v) is 16.0. The largest absolute Gasteiger partial charge is 0.456 e. The van der Waals surface area contributed by atoms with Gasteiger partial charge in [0, 0.05) is 24.2 Å². The second kappa shape index (κ2) is 14.2. The first kappa shape index (κ1) is 39.5. The average molecular weight is 752 g/mol. The molecule has 14 nitrogen and oxygen atoms in total. The SMILES string of the molecule is CC1=C2[C@@H](O)C(=O)[C@@]3(C)[C@H]([C@H](OC(=O)c4ccccc4)[C@](O)(CC1OC(=O)[C@H](O)[C@@H](NC(=O)OC(C)C)c1ccccc1)C2(C)C)[C@]1(O)CO[C@@H]1C[C@@H]3O. The number of Topliss-reactive ketones (excluding diaryl/α,β-unsaturated/α-hetero) is 1. The number of rotatable bonds is 8. The van der Waals surface area contributed by atoms with E-state index in [0.29, 0.717) is 5.56 Å². The van der Waals surface area contributed by atoms with Crippen molar-refractivity contribution in [3.8, 4) is 0 Å². The Kier molecular flexibility index (Phi) is 10.4. The summed E-state index contributed by atoms with van der Waals surface area (Å²) >= 11 is 0. The number of alkyl carbamates (subject to hydrolysis) is 1. The molecule has 0 spiro atoms. The molecule has 54 heavy (non-hydrogen) atoms. The second-order valence-electron chi connectivity index (χ2n) is 16.0. The van der Waals surface area contributed by atoms with Crippen molar-refractivity contribution in [2.75, 3.05) is 6.61 Å². The lowest BCUT2D eigenvalue weighted by Gasteiger charge is -2.66.